The monoisotopic (exact) mass is 175 g/mol. The predicted octanol–water partition coefficient (Wildman–Crippen LogP) is 0.459. The first-order valence-corrected chi connectivity index (χ1v) is 3.83. The Kier molecular flexibility index (Phi) is 1.70. The molecule has 2 aromatic heterocycles. The van der Waals surface area contributed by atoms with Crippen molar-refractivity contribution in [3.63, 3.8) is 0 Å². The Bertz CT molecular complexity index is 420. The number of nitrogen functional groups attached to an aromatic ring is 1. The van der Waals surface area contributed by atoms with Crippen LogP contribution in [0.1, 0.15) is 0 Å². The molecule has 2 aromatic rings. The summed E-state index contributed by atoms with van der Waals surface area (Å²) in [4.78, 5) is 3.91. The predicted molar refractivity (Wildman–Crippen MR) is 48.6 cm³/mol. The zero-order valence-corrected chi connectivity index (χ0v) is 7.18. The highest BCUT2D eigenvalue weighted by Gasteiger charge is 2.05. The quantitative estimate of drug-likeness (QED) is 0.683. The van der Waals surface area contributed by atoms with Gasteiger partial charge in [0.25, 0.3) is 0 Å². The molecule has 2 N–H and O–H groups in total. The van der Waals surface area contributed by atoms with Crippen LogP contribution < -0.4 is 5.73 Å². The Balaban J connectivity index is 2.59. The molecule has 0 aliphatic heterocycles. The summed E-state index contributed by atoms with van der Waals surface area (Å²) in [5.74, 6) is 0. The van der Waals surface area contributed by atoms with Crippen molar-refractivity contribution in [1.29, 1.82) is 0 Å². The minimum atomic E-state index is 0.632. The fourth-order valence-electron chi connectivity index (χ4n) is 1.17. The van der Waals surface area contributed by atoms with Crippen LogP contribution in [-0.4, -0.2) is 20.0 Å². The van der Waals surface area contributed by atoms with Gasteiger partial charge >= 0.3 is 0 Å². The van der Waals surface area contributed by atoms with Crippen molar-refractivity contribution in [3.8, 4) is 11.3 Å². The summed E-state index contributed by atoms with van der Waals surface area (Å²) in [7, 11) is 1.82. The van der Waals surface area contributed by atoms with Crippen molar-refractivity contribution >= 4 is 5.69 Å². The summed E-state index contributed by atoms with van der Waals surface area (Å²) in [6, 6.07) is 1.84. The third-order valence-electron chi connectivity index (χ3n) is 1.84. The van der Waals surface area contributed by atoms with E-state index in [-0.39, 0.29) is 0 Å². The Morgan fingerprint density at radius 1 is 1.38 bits per heavy atom. The second-order valence-corrected chi connectivity index (χ2v) is 2.71. The molecule has 0 aromatic carbocycles. The number of rotatable bonds is 1. The van der Waals surface area contributed by atoms with E-state index in [0.29, 0.717) is 5.69 Å². The van der Waals surface area contributed by atoms with Crippen LogP contribution in [0.3, 0.4) is 0 Å². The molecule has 0 amide bonds. The minimum absolute atomic E-state index is 0.632. The smallest absolute Gasteiger partial charge is 0.0904 e. The maximum absolute atomic E-state index is 5.75. The normalized spacial score (nSPS) is 10.2. The molecule has 0 aliphatic carbocycles. The first kappa shape index (κ1) is 7.72. The second-order valence-electron chi connectivity index (χ2n) is 2.71. The van der Waals surface area contributed by atoms with Gasteiger partial charge in [0.2, 0.25) is 0 Å². The third kappa shape index (κ3) is 1.24. The van der Waals surface area contributed by atoms with Gasteiger partial charge in [0.15, 0.2) is 0 Å². The molecule has 66 valence electrons. The van der Waals surface area contributed by atoms with E-state index in [9.17, 15) is 0 Å². The molecule has 0 atom stereocenters. The summed E-state index contributed by atoms with van der Waals surface area (Å²) in [6.45, 7) is 0. The molecule has 2 heterocycles. The Hall–Kier alpha value is -1.91. The van der Waals surface area contributed by atoms with E-state index in [2.05, 4.69) is 15.3 Å². The van der Waals surface area contributed by atoms with E-state index in [0.717, 1.165) is 11.3 Å². The molecule has 0 aliphatic rings. The summed E-state index contributed by atoms with van der Waals surface area (Å²) in [5.41, 5.74) is 8.18. The van der Waals surface area contributed by atoms with E-state index in [1.165, 1.54) is 0 Å². The molecule has 2 rings (SSSR count). The standard InChI is InChI=1S/C8H9N5/c1-13-8(5-11-12-13)6-2-3-10-4-7(6)9/h2-5H,9H2,1H3. The van der Waals surface area contributed by atoms with Crippen LogP contribution in [0.15, 0.2) is 24.7 Å². The van der Waals surface area contributed by atoms with Gasteiger partial charge in [-0.05, 0) is 6.07 Å². The lowest BCUT2D eigenvalue weighted by atomic mass is 10.2. The molecule has 5 heteroatoms. The van der Waals surface area contributed by atoms with Gasteiger partial charge in [0, 0.05) is 18.8 Å². The maximum atomic E-state index is 5.75. The van der Waals surface area contributed by atoms with Crippen LogP contribution in [0.25, 0.3) is 11.3 Å². The minimum Gasteiger partial charge on any atom is -0.397 e. The highest BCUT2D eigenvalue weighted by atomic mass is 15.4. The number of aromatic nitrogens is 4. The van der Waals surface area contributed by atoms with Gasteiger partial charge in [0.1, 0.15) is 0 Å². The lowest BCUT2D eigenvalue weighted by Gasteiger charge is -2.02. The van der Waals surface area contributed by atoms with Crippen LogP contribution in [-0.2, 0) is 7.05 Å². The molecule has 0 bridgehead atoms. The fraction of sp³-hybridized carbons (Fsp3) is 0.125. The van der Waals surface area contributed by atoms with Crippen molar-refractivity contribution in [1.82, 2.24) is 20.0 Å². The Labute approximate surface area is 75.2 Å². The largest absolute Gasteiger partial charge is 0.397 e. The highest BCUT2D eigenvalue weighted by Crippen LogP contribution is 2.22. The Morgan fingerprint density at radius 3 is 2.85 bits per heavy atom. The third-order valence-corrected chi connectivity index (χ3v) is 1.84. The number of anilines is 1. The van der Waals surface area contributed by atoms with Crippen molar-refractivity contribution in [2.24, 2.45) is 7.05 Å². The number of nitrogens with zero attached hydrogens (tertiary/aromatic N) is 4. The van der Waals surface area contributed by atoms with Crippen LogP contribution >= 0.6 is 0 Å². The van der Waals surface area contributed by atoms with E-state index < -0.39 is 0 Å². The number of hydrogen-bond acceptors (Lipinski definition) is 4. The summed E-state index contributed by atoms with van der Waals surface area (Å²) >= 11 is 0. The summed E-state index contributed by atoms with van der Waals surface area (Å²) in [5, 5.41) is 7.60. The number of nitrogens with two attached hydrogens (primary N) is 1. The highest BCUT2D eigenvalue weighted by molar-refractivity contribution is 5.72. The van der Waals surface area contributed by atoms with E-state index in [4.69, 9.17) is 5.73 Å². The first-order chi connectivity index (χ1) is 6.29. The fourth-order valence-corrected chi connectivity index (χ4v) is 1.17. The van der Waals surface area contributed by atoms with Crippen molar-refractivity contribution in [2.45, 2.75) is 0 Å². The molecule has 5 nitrogen and oxygen atoms in total. The van der Waals surface area contributed by atoms with Gasteiger partial charge in [-0.15, -0.1) is 5.10 Å². The first-order valence-electron chi connectivity index (χ1n) is 3.83. The van der Waals surface area contributed by atoms with Crippen LogP contribution in [0.4, 0.5) is 5.69 Å². The topological polar surface area (TPSA) is 69.6 Å². The molecule has 13 heavy (non-hydrogen) atoms. The molecule has 0 fully saturated rings. The lowest BCUT2D eigenvalue weighted by molar-refractivity contribution is 0.720. The van der Waals surface area contributed by atoms with Crippen LogP contribution in [0, 0.1) is 0 Å². The average Bonchev–Trinajstić information content (AvgIpc) is 2.52. The van der Waals surface area contributed by atoms with Crippen molar-refractivity contribution in [3.05, 3.63) is 24.7 Å². The van der Waals surface area contributed by atoms with Crippen LogP contribution in [0.5, 0.6) is 0 Å². The number of pyridine rings is 1. The van der Waals surface area contributed by atoms with E-state index >= 15 is 0 Å². The summed E-state index contributed by atoms with van der Waals surface area (Å²) in [6.07, 6.45) is 4.98. The van der Waals surface area contributed by atoms with Gasteiger partial charge in [-0.25, -0.2) is 4.68 Å². The van der Waals surface area contributed by atoms with Crippen molar-refractivity contribution < 1.29 is 0 Å². The van der Waals surface area contributed by atoms with E-state index in [1.54, 1.807) is 23.3 Å². The molecule has 0 saturated heterocycles. The van der Waals surface area contributed by atoms with Gasteiger partial charge in [0.05, 0.1) is 23.8 Å². The molecule has 0 saturated carbocycles. The summed E-state index contributed by atoms with van der Waals surface area (Å²) < 4.78 is 1.67. The SMILES string of the molecule is Cn1nncc1-c1ccncc1N. The van der Waals surface area contributed by atoms with Crippen LogP contribution in [0.2, 0.25) is 0 Å². The van der Waals surface area contributed by atoms with Gasteiger partial charge < -0.3 is 5.73 Å². The van der Waals surface area contributed by atoms with Gasteiger partial charge in [-0.2, -0.15) is 0 Å². The maximum Gasteiger partial charge on any atom is 0.0904 e. The average molecular weight is 175 g/mol. The van der Waals surface area contributed by atoms with Crippen molar-refractivity contribution in [2.75, 3.05) is 5.73 Å². The van der Waals surface area contributed by atoms with Gasteiger partial charge in [-0.1, -0.05) is 5.21 Å². The lowest BCUT2D eigenvalue weighted by Crippen LogP contribution is -1.97. The Morgan fingerprint density at radius 2 is 2.23 bits per heavy atom. The molecular weight excluding hydrogens is 166 g/mol. The van der Waals surface area contributed by atoms with Gasteiger partial charge in [-0.3, -0.25) is 4.98 Å². The number of aryl methyl sites for hydroxylation is 1. The molecule has 0 spiro atoms. The molecular formula is C8H9N5. The second kappa shape index (κ2) is 2.85. The van der Waals surface area contributed by atoms with E-state index in [1.807, 2.05) is 13.1 Å². The number of hydrogen-bond donors (Lipinski definition) is 1. The molecule has 0 radical (unpaired) electrons. The zero-order valence-electron chi connectivity index (χ0n) is 7.18. The zero-order chi connectivity index (χ0) is 9.26. The molecule has 0 unspecified atom stereocenters.